The number of hydrazone groups is 1. The molecule has 0 aliphatic heterocycles. The van der Waals surface area contributed by atoms with E-state index in [0.717, 1.165) is 19.3 Å². The average Bonchev–Trinajstić information content (AvgIpc) is 2.71. The van der Waals surface area contributed by atoms with E-state index in [-0.39, 0.29) is 11.3 Å². The van der Waals surface area contributed by atoms with Crippen molar-refractivity contribution in [2.24, 2.45) is 5.10 Å². The molecular weight excluding hydrogens is 356 g/mol. The van der Waals surface area contributed by atoms with Gasteiger partial charge >= 0.3 is 0 Å². The molecule has 1 aromatic carbocycles. The third-order valence-electron chi connectivity index (χ3n) is 4.41. The first-order valence-corrected chi connectivity index (χ1v) is 9.22. The molecule has 28 heavy (non-hydrogen) atoms. The molecule has 144 valence electrons. The van der Waals surface area contributed by atoms with Crippen LogP contribution in [-0.2, 0) is 6.54 Å². The molecule has 0 saturated heterocycles. The molecule has 7 heteroatoms. The normalized spacial score (nSPS) is 11.2. The van der Waals surface area contributed by atoms with Gasteiger partial charge in [0, 0.05) is 18.1 Å². The highest BCUT2D eigenvalue weighted by atomic mass is 16.3. The fourth-order valence-corrected chi connectivity index (χ4v) is 3.00. The Kier molecular flexibility index (Phi) is 6.16. The van der Waals surface area contributed by atoms with E-state index >= 15 is 0 Å². The van der Waals surface area contributed by atoms with Crippen molar-refractivity contribution in [3.05, 3.63) is 70.3 Å². The minimum atomic E-state index is -0.760. The Hall–Kier alpha value is -3.48. The van der Waals surface area contributed by atoms with Crippen molar-refractivity contribution in [3.63, 3.8) is 0 Å². The van der Waals surface area contributed by atoms with Crippen molar-refractivity contribution in [2.75, 3.05) is 0 Å². The molecule has 0 unspecified atom stereocenters. The number of amides is 1. The van der Waals surface area contributed by atoms with Gasteiger partial charge in [0.2, 0.25) is 0 Å². The second kappa shape index (κ2) is 8.94. The number of hydrogen-bond acceptors (Lipinski definition) is 5. The number of unbranched alkanes of at least 4 members (excludes halogenated alkanes) is 2. The van der Waals surface area contributed by atoms with Crippen LogP contribution in [0.4, 0.5) is 0 Å². The van der Waals surface area contributed by atoms with Gasteiger partial charge in [-0.05, 0) is 30.7 Å². The molecule has 0 fully saturated rings. The van der Waals surface area contributed by atoms with Gasteiger partial charge in [-0.3, -0.25) is 14.6 Å². The second-order valence-electron chi connectivity index (χ2n) is 6.36. The largest absolute Gasteiger partial charge is 0.506 e. The Morgan fingerprint density at radius 2 is 2.00 bits per heavy atom. The molecular formula is C21H22N4O3. The van der Waals surface area contributed by atoms with Crippen molar-refractivity contribution >= 4 is 23.0 Å². The standard InChI is InChI=1S/C21H22N4O3/c1-2-3-8-13-25-17-11-5-4-10-16(17)19(26)18(21(25)28)20(27)24-23-14-15-9-6-7-12-22-15/h4-7,9-12,14,26H,2-3,8,13H2,1H3,(H,24,27)/b23-14-. The molecule has 1 amide bonds. The first-order valence-electron chi connectivity index (χ1n) is 9.22. The fourth-order valence-electron chi connectivity index (χ4n) is 3.00. The molecule has 2 aromatic heterocycles. The molecule has 3 rings (SSSR count). The van der Waals surface area contributed by atoms with Gasteiger partial charge in [-0.1, -0.05) is 38.0 Å². The third kappa shape index (κ3) is 4.09. The summed E-state index contributed by atoms with van der Waals surface area (Å²) in [7, 11) is 0. The van der Waals surface area contributed by atoms with Gasteiger partial charge in [0.05, 0.1) is 17.4 Å². The van der Waals surface area contributed by atoms with Gasteiger partial charge in [0.25, 0.3) is 11.5 Å². The summed E-state index contributed by atoms with van der Waals surface area (Å²) in [5, 5.41) is 14.9. The number of aromatic hydroxyl groups is 1. The summed E-state index contributed by atoms with van der Waals surface area (Å²) in [4.78, 5) is 29.6. The summed E-state index contributed by atoms with van der Waals surface area (Å²) in [6.07, 6.45) is 5.77. The highest BCUT2D eigenvalue weighted by Crippen LogP contribution is 2.26. The first kappa shape index (κ1) is 19.3. The van der Waals surface area contributed by atoms with Crippen LogP contribution < -0.4 is 11.0 Å². The maximum absolute atomic E-state index is 13.0. The van der Waals surface area contributed by atoms with Gasteiger partial charge in [-0.2, -0.15) is 5.10 Å². The highest BCUT2D eigenvalue weighted by molar-refractivity contribution is 6.02. The Labute approximate surface area is 162 Å². The number of hydrogen-bond donors (Lipinski definition) is 2. The predicted octanol–water partition coefficient (Wildman–Crippen LogP) is 3.06. The Balaban J connectivity index is 1.96. The molecule has 0 aliphatic rings. The molecule has 7 nitrogen and oxygen atoms in total. The van der Waals surface area contributed by atoms with E-state index in [1.807, 2.05) is 0 Å². The lowest BCUT2D eigenvalue weighted by Gasteiger charge is -2.14. The predicted molar refractivity (Wildman–Crippen MR) is 109 cm³/mol. The maximum atomic E-state index is 13.0. The van der Waals surface area contributed by atoms with Crippen LogP contribution in [0.3, 0.4) is 0 Å². The topological polar surface area (TPSA) is 96.6 Å². The zero-order chi connectivity index (χ0) is 19.9. The number of aryl methyl sites for hydroxylation is 1. The van der Waals surface area contributed by atoms with Crippen LogP contribution >= 0.6 is 0 Å². The van der Waals surface area contributed by atoms with Gasteiger partial charge in [-0.15, -0.1) is 0 Å². The fraction of sp³-hybridized carbons (Fsp3) is 0.238. The monoisotopic (exact) mass is 378 g/mol. The summed E-state index contributed by atoms with van der Waals surface area (Å²) in [6, 6.07) is 12.3. The third-order valence-corrected chi connectivity index (χ3v) is 4.41. The van der Waals surface area contributed by atoms with Crippen molar-refractivity contribution in [3.8, 4) is 5.75 Å². The zero-order valence-electron chi connectivity index (χ0n) is 15.6. The van der Waals surface area contributed by atoms with E-state index in [1.165, 1.54) is 6.21 Å². The molecule has 0 saturated carbocycles. The van der Waals surface area contributed by atoms with Crippen LogP contribution in [-0.4, -0.2) is 26.8 Å². The van der Waals surface area contributed by atoms with Crippen LogP contribution in [0.5, 0.6) is 5.75 Å². The second-order valence-corrected chi connectivity index (χ2v) is 6.36. The summed E-state index contributed by atoms with van der Waals surface area (Å²) >= 11 is 0. The Bertz CT molecular complexity index is 1060. The number of nitrogens with zero attached hydrogens (tertiary/aromatic N) is 3. The average molecular weight is 378 g/mol. The molecule has 3 aromatic rings. The number of carbonyl (C=O) groups excluding carboxylic acids is 1. The number of carbonyl (C=O) groups is 1. The van der Waals surface area contributed by atoms with Crippen LogP contribution in [0.2, 0.25) is 0 Å². The van der Waals surface area contributed by atoms with Crippen molar-refractivity contribution in [1.29, 1.82) is 0 Å². The lowest BCUT2D eigenvalue weighted by Crippen LogP contribution is -2.31. The van der Waals surface area contributed by atoms with E-state index in [0.29, 0.717) is 23.1 Å². The molecule has 2 N–H and O–H groups in total. The van der Waals surface area contributed by atoms with Crippen molar-refractivity contribution < 1.29 is 9.90 Å². The van der Waals surface area contributed by atoms with Gasteiger partial charge in [0.1, 0.15) is 11.3 Å². The summed E-state index contributed by atoms with van der Waals surface area (Å²) in [5.74, 6) is -1.09. The minimum absolute atomic E-state index is 0.312. The molecule has 0 aliphatic carbocycles. The van der Waals surface area contributed by atoms with Crippen LogP contribution in [0, 0.1) is 0 Å². The number of pyridine rings is 2. The zero-order valence-corrected chi connectivity index (χ0v) is 15.6. The molecule has 0 radical (unpaired) electrons. The smallest absolute Gasteiger partial charge is 0.280 e. The quantitative estimate of drug-likeness (QED) is 0.375. The minimum Gasteiger partial charge on any atom is -0.506 e. The first-order chi connectivity index (χ1) is 13.6. The number of benzene rings is 1. The molecule has 0 spiro atoms. The molecule has 0 bridgehead atoms. The van der Waals surface area contributed by atoms with Gasteiger partial charge in [0.15, 0.2) is 0 Å². The molecule has 0 atom stereocenters. The van der Waals surface area contributed by atoms with Crippen molar-refractivity contribution in [2.45, 2.75) is 32.7 Å². The Morgan fingerprint density at radius 3 is 2.75 bits per heavy atom. The van der Waals surface area contributed by atoms with Gasteiger partial charge in [-0.25, -0.2) is 5.43 Å². The number of aromatic nitrogens is 2. The number of fused-ring (bicyclic) bond motifs is 1. The van der Waals surface area contributed by atoms with E-state index < -0.39 is 11.5 Å². The van der Waals surface area contributed by atoms with E-state index in [4.69, 9.17) is 0 Å². The lowest BCUT2D eigenvalue weighted by molar-refractivity contribution is 0.0950. The van der Waals surface area contributed by atoms with Gasteiger partial charge < -0.3 is 9.67 Å². The SMILES string of the molecule is CCCCCn1c(=O)c(C(=O)N/N=C\c2ccccn2)c(O)c2ccccc21. The maximum Gasteiger partial charge on any atom is 0.280 e. The summed E-state index contributed by atoms with van der Waals surface area (Å²) in [6.45, 7) is 2.56. The van der Waals surface area contributed by atoms with Crippen LogP contribution in [0.15, 0.2) is 58.6 Å². The Morgan fingerprint density at radius 1 is 1.21 bits per heavy atom. The van der Waals surface area contributed by atoms with Crippen LogP contribution in [0.25, 0.3) is 10.9 Å². The van der Waals surface area contributed by atoms with E-state index in [1.54, 1.807) is 53.2 Å². The summed E-state index contributed by atoms with van der Waals surface area (Å²) < 4.78 is 1.54. The molecule has 2 heterocycles. The van der Waals surface area contributed by atoms with Crippen LogP contribution in [0.1, 0.15) is 42.2 Å². The number of rotatable bonds is 7. The van der Waals surface area contributed by atoms with Crippen molar-refractivity contribution in [1.82, 2.24) is 15.0 Å². The highest BCUT2D eigenvalue weighted by Gasteiger charge is 2.21. The summed E-state index contributed by atoms with van der Waals surface area (Å²) in [5.41, 5.74) is 2.63. The number of nitrogens with one attached hydrogen (secondary N) is 1. The number of para-hydroxylation sites is 1. The van der Waals surface area contributed by atoms with E-state index in [2.05, 4.69) is 22.4 Å². The lowest BCUT2D eigenvalue weighted by atomic mass is 10.1. The van der Waals surface area contributed by atoms with E-state index in [9.17, 15) is 14.7 Å².